The zero-order valence-electron chi connectivity index (χ0n) is 18.5. The summed E-state index contributed by atoms with van der Waals surface area (Å²) in [5, 5.41) is 3.72. The van der Waals surface area contributed by atoms with Crippen LogP contribution >= 0.6 is 11.3 Å². The molecule has 1 aromatic heterocycles. The zero-order chi connectivity index (χ0) is 21.8. The molecule has 31 heavy (non-hydrogen) atoms. The van der Waals surface area contributed by atoms with Gasteiger partial charge in [-0.3, -0.25) is 10.1 Å². The molecule has 0 bridgehead atoms. The Morgan fingerprint density at radius 2 is 1.81 bits per heavy atom. The minimum absolute atomic E-state index is 0.0796. The number of urea groups is 1. The molecule has 1 saturated heterocycles. The fourth-order valence-electron chi connectivity index (χ4n) is 4.51. The van der Waals surface area contributed by atoms with Gasteiger partial charge in [0.15, 0.2) is 5.13 Å². The van der Waals surface area contributed by atoms with Crippen LogP contribution in [0.4, 0.5) is 9.93 Å². The Bertz CT molecular complexity index is 925. The van der Waals surface area contributed by atoms with Gasteiger partial charge >= 0.3 is 6.03 Å². The SMILES string of the molecule is CC1(C)CCCc2sc(NC(=O)N3CCCN(C(=O)CCc4ccccc4)CC3)nc21. The fourth-order valence-corrected chi connectivity index (χ4v) is 5.68. The highest BCUT2D eigenvalue weighted by molar-refractivity contribution is 7.15. The van der Waals surface area contributed by atoms with Gasteiger partial charge in [0.25, 0.3) is 0 Å². The summed E-state index contributed by atoms with van der Waals surface area (Å²) < 4.78 is 0. The number of benzene rings is 1. The third-order valence-electron chi connectivity index (χ3n) is 6.36. The second-order valence-corrected chi connectivity index (χ2v) is 10.2. The second-order valence-electron chi connectivity index (χ2n) is 9.17. The van der Waals surface area contributed by atoms with E-state index in [1.54, 1.807) is 11.3 Å². The standard InChI is InChI=1S/C24H32N4O2S/c1-24(2)13-6-10-19-21(24)25-22(31-19)26-23(30)28-15-7-14-27(16-17-28)20(29)12-11-18-8-4-3-5-9-18/h3-5,8-9H,6-7,10-17H2,1-2H3,(H,25,26,30). The molecule has 3 amide bonds. The highest BCUT2D eigenvalue weighted by atomic mass is 32.1. The van der Waals surface area contributed by atoms with E-state index in [9.17, 15) is 9.59 Å². The predicted molar refractivity (Wildman–Crippen MR) is 125 cm³/mol. The number of carbonyl (C=O) groups excluding carboxylic acids is 2. The number of anilines is 1. The quantitative estimate of drug-likeness (QED) is 0.764. The number of aryl methyl sites for hydroxylation is 2. The van der Waals surface area contributed by atoms with Crippen LogP contribution < -0.4 is 5.32 Å². The van der Waals surface area contributed by atoms with Gasteiger partial charge in [-0.2, -0.15) is 0 Å². The maximum atomic E-state index is 12.9. The molecule has 2 aromatic rings. The minimum Gasteiger partial charge on any atom is -0.341 e. The summed E-state index contributed by atoms with van der Waals surface area (Å²) in [6, 6.07) is 9.99. The van der Waals surface area contributed by atoms with Gasteiger partial charge in [0.1, 0.15) is 0 Å². The maximum Gasteiger partial charge on any atom is 0.323 e. The molecule has 4 rings (SSSR count). The number of fused-ring (bicyclic) bond motifs is 1. The van der Waals surface area contributed by atoms with Crippen LogP contribution in [-0.4, -0.2) is 52.9 Å². The Morgan fingerprint density at radius 3 is 2.58 bits per heavy atom. The number of nitrogens with one attached hydrogen (secondary N) is 1. The first kappa shape index (κ1) is 21.8. The van der Waals surface area contributed by atoms with E-state index in [0.717, 1.165) is 31.4 Å². The average molecular weight is 441 g/mol. The number of carbonyl (C=O) groups is 2. The van der Waals surface area contributed by atoms with Gasteiger partial charge in [-0.05, 0) is 37.7 Å². The smallest absolute Gasteiger partial charge is 0.323 e. The first-order valence-corrected chi connectivity index (χ1v) is 12.1. The largest absolute Gasteiger partial charge is 0.341 e. The van der Waals surface area contributed by atoms with Gasteiger partial charge in [0, 0.05) is 42.9 Å². The summed E-state index contributed by atoms with van der Waals surface area (Å²) in [6.07, 6.45) is 5.43. The fraction of sp³-hybridized carbons (Fsp3) is 0.542. The molecule has 7 heteroatoms. The van der Waals surface area contributed by atoms with E-state index in [1.165, 1.54) is 16.9 Å². The van der Waals surface area contributed by atoms with Crippen LogP contribution in [0.3, 0.4) is 0 Å². The summed E-state index contributed by atoms with van der Waals surface area (Å²) in [5.41, 5.74) is 2.40. The zero-order valence-corrected chi connectivity index (χ0v) is 19.3. The van der Waals surface area contributed by atoms with Crippen LogP contribution in [0.5, 0.6) is 0 Å². The lowest BCUT2D eigenvalue weighted by Crippen LogP contribution is -2.39. The first-order chi connectivity index (χ1) is 14.9. The van der Waals surface area contributed by atoms with Crippen molar-refractivity contribution in [3.8, 4) is 0 Å². The Morgan fingerprint density at radius 1 is 1.06 bits per heavy atom. The first-order valence-electron chi connectivity index (χ1n) is 11.3. The van der Waals surface area contributed by atoms with Crippen molar-refractivity contribution in [3.63, 3.8) is 0 Å². The van der Waals surface area contributed by atoms with Gasteiger partial charge in [-0.1, -0.05) is 44.2 Å². The molecule has 1 N–H and O–H groups in total. The van der Waals surface area contributed by atoms with Crippen molar-refractivity contribution in [3.05, 3.63) is 46.5 Å². The van der Waals surface area contributed by atoms with Crippen LogP contribution in [0, 0.1) is 0 Å². The van der Waals surface area contributed by atoms with E-state index in [-0.39, 0.29) is 17.4 Å². The highest BCUT2D eigenvalue weighted by Crippen LogP contribution is 2.40. The summed E-state index contributed by atoms with van der Waals surface area (Å²) in [7, 11) is 0. The molecule has 0 saturated carbocycles. The Labute approximate surface area is 188 Å². The van der Waals surface area contributed by atoms with Gasteiger partial charge < -0.3 is 9.80 Å². The molecule has 1 aromatic carbocycles. The van der Waals surface area contributed by atoms with Gasteiger partial charge in [0.2, 0.25) is 5.91 Å². The van der Waals surface area contributed by atoms with Crippen molar-refractivity contribution in [2.24, 2.45) is 0 Å². The number of amides is 3. The summed E-state index contributed by atoms with van der Waals surface area (Å²) >= 11 is 1.61. The average Bonchev–Trinajstić information content (AvgIpc) is 3.01. The van der Waals surface area contributed by atoms with E-state index >= 15 is 0 Å². The highest BCUT2D eigenvalue weighted by Gasteiger charge is 2.32. The van der Waals surface area contributed by atoms with Gasteiger partial charge in [-0.15, -0.1) is 11.3 Å². The Kier molecular flexibility index (Phi) is 6.60. The summed E-state index contributed by atoms with van der Waals surface area (Å²) in [6.45, 7) is 6.97. The molecule has 6 nitrogen and oxygen atoms in total. The number of hydrogen-bond donors (Lipinski definition) is 1. The van der Waals surface area contributed by atoms with Crippen molar-refractivity contribution in [1.29, 1.82) is 0 Å². The van der Waals surface area contributed by atoms with Crippen molar-refractivity contribution < 1.29 is 9.59 Å². The van der Waals surface area contributed by atoms with Crippen molar-refractivity contribution in [1.82, 2.24) is 14.8 Å². The number of aromatic nitrogens is 1. The molecule has 2 aliphatic rings. The van der Waals surface area contributed by atoms with Crippen molar-refractivity contribution in [2.45, 2.75) is 57.8 Å². The van der Waals surface area contributed by atoms with E-state index in [4.69, 9.17) is 4.98 Å². The molecule has 1 fully saturated rings. The number of thiazole rings is 1. The molecule has 2 heterocycles. The number of hydrogen-bond acceptors (Lipinski definition) is 4. The predicted octanol–water partition coefficient (Wildman–Crippen LogP) is 4.46. The molecule has 1 aliphatic heterocycles. The van der Waals surface area contributed by atoms with Crippen molar-refractivity contribution in [2.75, 3.05) is 31.5 Å². The third kappa shape index (κ3) is 5.26. The normalized spacial score (nSPS) is 18.3. The monoisotopic (exact) mass is 440 g/mol. The van der Waals surface area contributed by atoms with Crippen molar-refractivity contribution >= 4 is 28.4 Å². The van der Waals surface area contributed by atoms with Crippen LogP contribution in [0.2, 0.25) is 0 Å². The molecular formula is C24H32N4O2S. The maximum absolute atomic E-state index is 12.9. The lowest BCUT2D eigenvalue weighted by atomic mass is 9.79. The van der Waals surface area contributed by atoms with Crippen LogP contribution in [-0.2, 0) is 23.1 Å². The molecule has 0 unspecified atom stereocenters. The molecule has 0 radical (unpaired) electrons. The lowest BCUT2D eigenvalue weighted by molar-refractivity contribution is -0.131. The molecular weight excluding hydrogens is 408 g/mol. The van der Waals surface area contributed by atoms with Crippen LogP contribution in [0.25, 0.3) is 0 Å². The van der Waals surface area contributed by atoms with Crippen LogP contribution in [0.1, 0.15) is 55.7 Å². The van der Waals surface area contributed by atoms with E-state index in [0.29, 0.717) is 37.7 Å². The van der Waals surface area contributed by atoms with E-state index in [1.807, 2.05) is 28.0 Å². The molecule has 1 aliphatic carbocycles. The summed E-state index contributed by atoms with van der Waals surface area (Å²) in [4.78, 5) is 35.3. The topological polar surface area (TPSA) is 65.5 Å². The number of rotatable bonds is 4. The minimum atomic E-state index is -0.109. The van der Waals surface area contributed by atoms with Gasteiger partial charge in [-0.25, -0.2) is 9.78 Å². The Balaban J connectivity index is 1.30. The molecule has 0 spiro atoms. The summed E-state index contributed by atoms with van der Waals surface area (Å²) in [5.74, 6) is 0.168. The van der Waals surface area contributed by atoms with Gasteiger partial charge in [0.05, 0.1) is 5.69 Å². The molecule has 166 valence electrons. The van der Waals surface area contributed by atoms with E-state index < -0.39 is 0 Å². The molecule has 0 atom stereocenters. The van der Waals surface area contributed by atoms with E-state index in [2.05, 4.69) is 31.3 Å². The second kappa shape index (κ2) is 9.39. The Hall–Kier alpha value is -2.41. The van der Waals surface area contributed by atoms with Crippen LogP contribution in [0.15, 0.2) is 30.3 Å². The third-order valence-corrected chi connectivity index (χ3v) is 7.39. The number of nitrogens with zero attached hydrogens (tertiary/aromatic N) is 3. The lowest BCUT2D eigenvalue weighted by Gasteiger charge is -2.27.